The molecule has 7 heteroatoms. The van der Waals surface area contributed by atoms with Crippen LogP contribution in [-0.4, -0.2) is 11.7 Å². The van der Waals surface area contributed by atoms with E-state index in [2.05, 4.69) is 5.32 Å². The molecule has 172 valence electrons. The Kier molecular flexibility index (Phi) is 4.76. The maximum Gasteiger partial charge on any atom is 0.256 e. The number of fused-ring (bicyclic) bond motifs is 8. The number of rotatable bonds is 3. The summed E-state index contributed by atoms with van der Waals surface area (Å²) in [5.74, 6) is -1.68. The van der Waals surface area contributed by atoms with Crippen molar-refractivity contribution in [3.63, 3.8) is 0 Å². The predicted octanol–water partition coefficient (Wildman–Crippen LogP) is 5.49. The van der Waals surface area contributed by atoms with Crippen LogP contribution in [0.25, 0.3) is 11.1 Å². The molecule has 4 aromatic carbocycles. The number of ether oxygens (including phenoxy) is 1. The normalized spacial score (nSPS) is 17.1. The van der Waals surface area contributed by atoms with E-state index < -0.39 is 23.6 Å². The number of nitrogens with two attached hydrogens (primary N) is 1. The van der Waals surface area contributed by atoms with Crippen LogP contribution < -0.4 is 11.1 Å². The third-order valence-corrected chi connectivity index (χ3v) is 6.52. The number of benzene rings is 4. The van der Waals surface area contributed by atoms with Crippen molar-refractivity contribution in [2.45, 2.75) is 12.2 Å². The van der Waals surface area contributed by atoms with E-state index in [0.29, 0.717) is 27.9 Å². The van der Waals surface area contributed by atoms with Gasteiger partial charge in [0.15, 0.2) is 0 Å². The van der Waals surface area contributed by atoms with Crippen LogP contribution in [0.2, 0.25) is 0 Å². The van der Waals surface area contributed by atoms with Crippen molar-refractivity contribution in [2.24, 2.45) is 0 Å². The van der Waals surface area contributed by atoms with Gasteiger partial charge in [-0.25, -0.2) is 8.78 Å². The van der Waals surface area contributed by atoms with Gasteiger partial charge in [-0.05, 0) is 82.4 Å². The van der Waals surface area contributed by atoms with Crippen LogP contribution in [0.5, 0.6) is 0 Å². The first kappa shape index (κ1) is 21.2. The first-order chi connectivity index (χ1) is 16.9. The smallest absolute Gasteiger partial charge is 0.256 e. The summed E-state index contributed by atoms with van der Waals surface area (Å²) in [4.78, 5) is 12.9. The molecule has 4 aromatic rings. The Morgan fingerprint density at radius 3 is 2.20 bits per heavy atom. The van der Waals surface area contributed by atoms with Crippen molar-refractivity contribution in [3.8, 4) is 11.1 Å². The SMILES string of the molecule is N=C(NC(=O)c1ccc2c(c1)C1OC2c2ccc(-c3ccc(F)cc3F)cc21)c1ccc(N)cc1. The van der Waals surface area contributed by atoms with E-state index in [1.165, 1.54) is 12.1 Å². The number of amides is 1. The van der Waals surface area contributed by atoms with E-state index in [-0.39, 0.29) is 11.9 Å². The second-order valence-electron chi connectivity index (χ2n) is 8.66. The number of anilines is 1. The van der Waals surface area contributed by atoms with E-state index in [9.17, 15) is 13.6 Å². The zero-order chi connectivity index (χ0) is 24.3. The average Bonchev–Trinajstić information content (AvgIpc) is 3.41. The summed E-state index contributed by atoms with van der Waals surface area (Å²) in [7, 11) is 0. The number of hydrogen-bond donors (Lipinski definition) is 3. The molecule has 0 aromatic heterocycles. The minimum Gasteiger partial charge on any atom is -0.399 e. The fourth-order valence-electron chi connectivity index (χ4n) is 4.79. The molecule has 0 saturated heterocycles. The number of amidine groups is 1. The molecule has 0 spiro atoms. The Bertz CT molecular complexity index is 1530. The zero-order valence-electron chi connectivity index (χ0n) is 18.3. The third kappa shape index (κ3) is 3.48. The minimum atomic E-state index is -0.628. The van der Waals surface area contributed by atoms with Gasteiger partial charge in [0.1, 0.15) is 29.7 Å². The van der Waals surface area contributed by atoms with Gasteiger partial charge in [0.2, 0.25) is 0 Å². The third-order valence-electron chi connectivity index (χ3n) is 6.52. The van der Waals surface area contributed by atoms with E-state index in [1.807, 2.05) is 24.3 Å². The summed E-state index contributed by atoms with van der Waals surface area (Å²) >= 11 is 0. The monoisotopic (exact) mass is 467 g/mol. The second-order valence-corrected chi connectivity index (χ2v) is 8.66. The van der Waals surface area contributed by atoms with Gasteiger partial charge >= 0.3 is 0 Å². The molecule has 0 radical (unpaired) electrons. The second kappa shape index (κ2) is 7.85. The molecule has 2 aliphatic rings. The summed E-state index contributed by atoms with van der Waals surface area (Å²) in [5.41, 5.74) is 11.9. The van der Waals surface area contributed by atoms with Crippen LogP contribution in [0, 0.1) is 17.0 Å². The maximum absolute atomic E-state index is 14.4. The molecule has 2 bridgehead atoms. The van der Waals surface area contributed by atoms with Crippen molar-refractivity contribution in [1.29, 1.82) is 5.41 Å². The topological polar surface area (TPSA) is 88.2 Å². The molecule has 2 heterocycles. The van der Waals surface area contributed by atoms with Crippen LogP contribution in [0.15, 0.2) is 78.9 Å². The van der Waals surface area contributed by atoms with Gasteiger partial charge in [0.25, 0.3) is 5.91 Å². The summed E-state index contributed by atoms with van der Waals surface area (Å²) in [6.07, 6.45) is -0.653. The molecular weight excluding hydrogens is 448 g/mol. The molecule has 0 saturated carbocycles. The number of hydrogen-bond acceptors (Lipinski definition) is 4. The fraction of sp³-hybridized carbons (Fsp3) is 0.0714. The summed E-state index contributed by atoms with van der Waals surface area (Å²) < 4.78 is 33.9. The number of carbonyl (C=O) groups excluding carboxylic acids is 1. The van der Waals surface area contributed by atoms with Gasteiger partial charge < -0.3 is 15.8 Å². The molecule has 35 heavy (non-hydrogen) atoms. The predicted molar refractivity (Wildman–Crippen MR) is 128 cm³/mol. The molecule has 2 unspecified atom stereocenters. The fourth-order valence-corrected chi connectivity index (χ4v) is 4.79. The van der Waals surface area contributed by atoms with Crippen LogP contribution in [0.3, 0.4) is 0 Å². The van der Waals surface area contributed by atoms with Crippen LogP contribution in [0.1, 0.15) is 50.4 Å². The van der Waals surface area contributed by atoms with Gasteiger partial charge in [0, 0.05) is 28.4 Å². The van der Waals surface area contributed by atoms with Crippen molar-refractivity contribution in [2.75, 3.05) is 5.73 Å². The average molecular weight is 467 g/mol. The van der Waals surface area contributed by atoms with Gasteiger partial charge in [-0.15, -0.1) is 0 Å². The molecule has 4 N–H and O–H groups in total. The lowest BCUT2D eigenvalue weighted by molar-refractivity contribution is 0.0857. The van der Waals surface area contributed by atoms with Gasteiger partial charge in [-0.1, -0.05) is 18.2 Å². The number of nitrogens with one attached hydrogen (secondary N) is 2. The molecular formula is C28H19F2N3O2. The first-order valence-electron chi connectivity index (χ1n) is 11.0. The minimum absolute atomic E-state index is 0.0235. The molecule has 1 amide bonds. The summed E-state index contributed by atoms with van der Waals surface area (Å²) in [5, 5.41) is 10.8. The lowest BCUT2D eigenvalue weighted by Crippen LogP contribution is -2.30. The van der Waals surface area contributed by atoms with E-state index >= 15 is 0 Å². The Morgan fingerprint density at radius 2 is 1.46 bits per heavy atom. The quantitative estimate of drug-likeness (QED) is 0.211. The van der Waals surface area contributed by atoms with E-state index in [4.69, 9.17) is 15.9 Å². The molecule has 6 rings (SSSR count). The Hall–Kier alpha value is -4.36. The molecule has 5 nitrogen and oxygen atoms in total. The van der Waals surface area contributed by atoms with E-state index in [1.54, 1.807) is 36.4 Å². The van der Waals surface area contributed by atoms with Crippen molar-refractivity contribution in [3.05, 3.63) is 124 Å². The van der Waals surface area contributed by atoms with Crippen LogP contribution in [0.4, 0.5) is 14.5 Å². The summed E-state index contributed by atoms with van der Waals surface area (Å²) in [6.45, 7) is 0. The van der Waals surface area contributed by atoms with E-state index in [0.717, 1.165) is 28.3 Å². The highest BCUT2D eigenvalue weighted by Gasteiger charge is 2.43. The highest BCUT2D eigenvalue weighted by molar-refractivity contribution is 6.11. The molecule has 2 atom stereocenters. The Morgan fingerprint density at radius 1 is 0.800 bits per heavy atom. The Labute approximate surface area is 199 Å². The van der Waals surface area contributed by atoms with Crippen molar-refractivity contribution < 1.29 is 18.3 Å². The molecule has 0 fully saturated rings. The molecule has 2 aliphatic heterocycles. The van der Waals surface area contributed by atoms with Gasteiger partial charge in [-0.3, -0.25) is 10.2 Å². The van der Waals surface area contributed by atoms with Crippen molar-refractivity contribution >= 4 is 17.4 Å². The standard InChI is InChI=1S/C28H19F2N3O2/c29-17-5-10-19(24(30)13-17)15-3-8-20-22(11-15)26-23-12-16(4-9-21(23)25(20)35-26)28(34)33-27(32)14-1-6-18(31)7-2-14/h1-13,25-26H,31H2,(H2,32,33,34). The maximum atomic E-state index is 14.4. The zero-order valence-corrected chi connectivity index (χ0v) is 18.3. The van der Waals surface area contributed by atoms with Crippen molar-refractivity contribution in [1.82, 2.24) is 5.32 Å². The van der Waals surface area contributed by atoms with Gasteiger partial charge in [0.05, 0.1) is 0 Å². The van der Waals surface area contributed by atoms with Gasteiger partial charge in [-0.2, -0.15) is 0 Å². The van der Waals surface area contributed by atoms with Crippen LogP contribution >= 0.6 is 0 Å². The molecule has 0 aliphatic carbocycles. The number of nitrogen functional groups attached to an aromatic ring is 1. The highest BCUT2D eigenvalue weighted by Crippen LogP contribution is 2.54. The highest BCUT2D eigenvalue weighted by atomic mass is 19.1. The largest absolute Gasteiger partial charge is 0.399 e. The first-order valence-corrected chi connectivity index (χ1v) is 11.0. The lowest BCUT2D eigenvalue weighted by atomic mass is 9.83. The lowest BCUT2D eigenvalue weighted by Gasteiger charge is -2.18. The number of halogens is 2. The van der Waals surface area contributed by atoms with Crippen LogP contribution in [-0.2, 0) is 4.74 Å². The number of carbonyl (C=O) groups is 1. The summed E-state index contributed by atoms with van der Waals surface area (Å²) in [6, 6.07) is 21.2. The Balaban J connectivity index is 1.29.